The third-order valence-electron chi connectivity index (χ3n) is 4.93. The van der Waals surface area contributed by atoms with Crippen molar-refractivity contribution >= 4 is 5.91 Å². The molecular weight excluding hydrogens is 408 g/mol. The Labute approximate surface area is 184 Å². The van der Waals surface area contributed by atoms with Gasteiger partial charge in [-0.1, -0.05) is 35.0 Å². The Morgan fingerprint density at radius 3 is 2.47 bits per heavy atom. The Bertz CT molecular complexity index is 1270. The Balaban J connectivity index is 1.46. The highest BCUT2D eigenvalue weighted by molar-refractivity contribution is 5.75. The molecule has 0 fully saturated rings. The Morgan fingerprint density at radius 1 is 1.03 bits per heavy atom. The minimum Gasteiger partial charge on any atom is -0.497 e. The number of pyridine rings is 1. The summed E-state index contributed by atoms with van der Waals surface area (Å²) in [5.74, 6) is 1.13. The molecule has 0 unspecified atom stereocenters. The molecule has 32 heavy (non-hydrogen) atoms. The van der Waals surface area contributed by atoms with Crippen LogP contribution < -0.4 is 15.6 Å². The molecule has 0 bridgehead atoms. The van der Waals surface area contributed by atoms with E-state index in [1.807, 2.05) is 43.3 Å². The summed E-state index contributed by atoms with van der Waals surface area (Å²) in [5, 5.41) is 6.83. The number of hydrogen-bond acceptors (Lipinski definition) is 6. The van der Waals surface area contributed by atoms with Crippen LogP contribution in [0, 0.1) is 6.92 Å². The number of carbonyl (C=O) groups excluding carboxylic acids is 1. The Morgan fingerprint density at radius 2 is 1.75 bits per heavy atom. The number of nitrogens with zero attached hydrogens (tertiary/aromatic N) is 3. The van der Waals surface area contributed by atoms with E-state index in [9.17, 15) is 9.59 Å². The predicted molar refractivity (Wildman–Crippen MR) is 119 cm³/mol. The van der Waals surface area contributed by atoms with Crippen molar-refractivity contribution in [2.45, 2.75) is 20.0 Å². The highest BCUT2D eigenvalue weighted by Crippen LogP contribution is 2.23. The number of benzene rings is 2. The standard InChI is InChI=1S/C24H22N4O4/c1-16-3-5-17(6-4-16)13-25-21(29)15-28-14-19(9-12-22(28)30)24-26-23(27-32-24)18-7-10-20(31-2)11-8-18/h3-12,14H,13,15H2,1-2H3,(H,25,29). The van der Waals surface area contributed by atoms with Gasteiger partial charge in [-0.2, -0.15) is 4.98 Å². The molecule has 162 valence electrons. The van der Waals surface area contributed by atoms with Crippen LogP contribution in [-0.2, 0) is 17.9 Å². The topological polar surface area (TPSA) is 99.3 Å². The molecule has 8 nitrogen and oxygen atoms in total. The van der Waals surface area contributed by atoms with Crippen molar-refractivity contribution in [2.75, 3.05) is 7.11 Å². The summed E-state index contributed by atoms with van der Waals surface area (Å²) in [6.45, 7) is 2.28. The molecule has 4 aromatic rings. The monoisotopic (exact) mass is 430 g/mol. The van der Waals surface area contributed by atoms with E-state index in [1.54, 1.807) is 31.5 Å². The molecule has 2 aromatic heterocycles. The van der Waals surface area contributed by atoms with Gasteiger partial charge in [0, 0.05) is 24.4 Å². The number of hydrogen-bond donors (Lipinski definition) is 1. The average molecular weight is 430 g/mol. The summed E-state index contributed by atoms with van der Waals surface area (Å²) < 4.78 is 11.8. The number of methoxy groups -OCH3 is 1. The normalized spacial score (nSPS) is 10.7. The molecule has 8 heteroatoms. The van der Waals surface area contributed by atoms with Crippen LogP contribution in [-0.4, -0.2) is 27.7 Å². The molecule has 0 saturated heterocycles. The molecule has 1 N–H and O–H groups in total. The highest BCUT2D eigenvalue weighted by atomic mass is 16.5. The van der Waals surface area contributed by atoms with E-state index < -0.39 is 0 Å². The molecule has 0 aliphatic rings. The van der Waals surface area contributed by atoms with E-state index in [2.05, 4.69) is 15.5 Å². The molecule has 0 saturated carbocycles. The van der Waals surface area contributed by atoms with Crippen molar-refractivity contribution in [3.63, 3.8) is 0 Å². The summed E-state index contributed by atoms with van der Waals surface area (Å²) in [7, 11) is 1.60. The van der Waals surface area contributed by atoms with Crippen molar-refractivity contribution < 1.29 is 14.1 Å². The zero-order valence-electron chi connectivity index (χ0n) is 17.7. The van der Waals surface area contributed by atoms with Crippen molar-refractivity contribution in [3.8, 4) is 28.6 Å². The lowest BCUT2D eigenvalue weighted by Gasteiger charge is -2.08. The van der Waals surface area contributed by atoms with Crippen LogP contribution in [0.15, 0.2) is 76.2 Å². The van der Waals surface area contributed by atoms with E-state index in [-0.39, 0.29) is 23.9 Å². The van der Waals surface area contributed by atoms with Crippen LogP contribution in [0.5, 0.6) is 5.75 Å². The fraction of sp³-hybridized carbons (Fsp3) is 0.167. The summed E-state index contributed by atoms with van der Waals surface area (Å²) in [6.07, 6.45) is 1.54. The molecular formula is C24H22N4O4. The quantitative estimate of drug-likeness (QED) is 0.483. The van der Waals surface area contributed by atoms with Gasteiger partial charge in [-0.25, -0.2) is 0 Å². The van der Waals surface area contributed by atoms with Crippen LogP contribution in [0.1, 0.15) is 11.1 Å². The van der Waals surface area contributed by atoms with Crippen LogP contribution in [0.2, 0.25) is 0 Å². The summed E-state index contributed by atoms with van der Waals surface area (Å²) in [6, 6.07) is 18.1. The second kappa shape index (κ2) is 9.30. The van der Waals surface area contributed by atoms with E-state index in [0.29, 0.717) is 17.9 Å². The largest absolute Gasteiger partial charge is 0.497 e. The van der Waals surface area contributed by atoms with Gasteiger partial charge in [0.1, 0.15) is 12.3 Å². The number of aromatic nitrogens is 3. The maximum atomic E-state index is 12.4. The van der Waals surface area contributed by atoms with Crippen molar-refractivity contribution in [1.29, 1.82) is 0 Å². The first-order chi connectivity index (χ1) is 15.5. The number of rotatable bonds is 7. The fourth-order valence-electron chi connectivity index (χ4n) is 3.10. The first-order valence-electron chi connectivity index (χ1n) is 10.0. The van der Waals surface area contributed by atoms with Gasteiger partial charge in [0.25, 0.3) is 11.4 Å². The summed E-state index contributed by atoms with van der Waals surface area (Å²) in [5.41, 5.74) is 3.16. The molecule has 0 aliphatic heterocycles. The SMILES string of the molecule is COc1ccc(-c2noc(-c3ccc(=O)n(CC(=O)NCc4ccc(C)cc4)c3)n2)cc1. The van der Waals surface area contributed by atoms with Crippen molar-refractivity contribution in [2.24, 2.45) is 0 Å². The van der Waals surface area contributed by atoms with Gasteiger partial charge in [-0.3, -0.25) is 9.59 Å². The number of nitrogens with one attached hydrogen (secondary N) is 1. The molecule has 0 atom stereocenters. The summed E-state index contributed by atoms with van der Waals surface area (Å²) in [4.78, 5) is 29.0. The molecule has 0 aliphatic carbocycles. The van der Waals surface area contributed by atoms with E-state index in [1.165, 1.54) is 10.6 Å². The number of carbonyl (C=O) groups is 1. The third kappa shape index (κ3) is 4.92. The first-order valence-corrected chi connectivity index (χ1v) is 10.0. The second-order valence-electron chi connectivity index (χ2n) is 7.30. The first kappa shape index (κ1) is 21.0. The lowest BCUT2D eigenvalue weighted by Crippen LogP contribution is -2.31. The zero-order valence-corrected chi connectivity index (χ0v) is 17.7. The highest BCUT2D eigenvalue weighted by Gasteiger charge is 2.13. The van der Waals surface area contributed by atoms with Crippen LogP contribution >= 0.6 is 0 Å². The minimum absolute atomic E-state index is 0.113. The van der Waals surface area contributed by atoms with E-state index in [4.69, 9.17) is 9.26 Å². The lowest BCUT2D eigenvalue weighted by atomic mass is 10.1. The maximum Gasteiger partial charge on any atom is 0.259 e. The lowest BCUT2D eigenvalue weighted by molar-refractivity contribution is -0.121. The number of ether oxygens (including phenoxy) is 1. The smallest absolute Gasteiger partial charge is 0.259 e. The van der Waals surface area contributed by atoms with Crippen LogP contribution in [0.25, 0.3) is 22.8 Å². The van der Waals surface area contributed by atoms with E-state index in [0.717, 1.165) is 22.4 Å². The van der Waals surface area contributed by atoms with Gasteiger partial charge in [-0.05, 0) is 42.8 Å². The van der Waals surface area contributed by atoms with Crippen LogP contribution in [0.3, 0.4) is 0 Å². The number of amides is 1. The molecule has 2 aromatic carbocycles. The predicted octanol–water partition coefficient (Wildman–Crippen LogP) is 3.20. The van der Waals surface area contributed by atoms with Gasteiger partial charge in [0.2, 0.25) is 11.7 Å². The molecule has 0 spiro atoms. The van der Waals surface area contributed by atoms with Crippen molar-refractivity contribution in [3.05, 3.63) is 88.3 Å². The van der Waals surface area contributed by atoms with Gasteiger partial charge in [0.15, 0.2) is 0 Å². The molecule has 0 radical (unpaired) electrons. The van der Waals surface area contributed by atoms with Gasteiger partial charge < -0.3 is 19.1 Å². The fourth-order valence-corrected chi connectivity index (χ4v) is 3.10. The van der Waals surface area contributed by atoms with Crippen molar-refractivity contribution in [1.82, 2.24) is 20.0 Å². The Hall–Kier alpha value is -4.20. The van der Waals surface area contributed by atoms with Gasteiger partial charge in [0.05, 0.1) is 12.7 Å². The minimum atomic E-state index is -0.297. The summed E-state index contributed by atoms with van der Waals surface area (Å²) >= 11 is 0. The number of aryl methyl sites for hydroxylation is 1. The average Bonchev–Trinajstić information content (AvgIpc) is 3.30. The zero-order chi connectivity index (χ0) is 22.5. The Kier molecular flexibility index (Phi) is 6.12. The van der Waals surface area contributed by atoms with Gasteiger partial charge >= 0.3 is 0 Å². The maximum absolute atomic E-state index is 12.4. The van der Waals surface area contributed by atoms with Crippen LogP contribution in [0.4, 0.5) is 0 Å². The van der Waals surface area contributed by atoms with Gasteiger partial charge in [-0.15, -0.1) is 0 Å². The molecule has 4 rings (SSSR count). The molecule has 1 amide bonds. The molecule has 2 heterocycles. The van der Waals surface area contributed by atoms with E-state index >= 15 is 0 Å². The second-order valence-corrected chi connectivity index (χ2v) is 7.30. The third-order valence-corrected chi connectivity index (χ3v) is 4.93.